The van der Waals surface area contributed by atoms with Crippen molar-refractivity contribution in [2.45, 2.75) is 22.0 Å². The zero-order chi connectivity index (χ0) is 28.9. The van der Waals surface area contributed by atoms with Crippen LogP contribution in [0.15, 0.2) is 0 Å². The van der Waals surface area contributed by atoms with Gasteiger partial charge in [0.2, 0.25) is 0 Å². The van der Waals surface area contributed by atoms with E-state index in [1.165, 1.54) is 0 Å². The minimum absolute atomic E-state index is 0.0445. The van der Waals surface area contributed by atoms with E-state index in [9.17, 15) is 0 Å². The first-order valence-corrected chi connectivity index (χ1v) is 20.2. The van der Waals surface area contributed by atoms with Crippen molar-refractivity contribution in [2.75, 3.05) is 49.2 Å². The van der Waals surface area contributed by atoms with Crippen molar-refractivity contribution >= 4 is 164 Å². The molecule has 4 rings (SSSR count). The number of thiocarbonyl (C=S) groups is 4. The molecule has 0 bridgehead atoms. The predicted molar refractivity (Wildman–Crippen MR) is 189 cm³/mol. The summed E-state index contributed by atoms with van der Waals surface area (Å²) in [5, 5.41) is 20.9. The first-order valence-electron chi connectivity index (χ1n) is 11.0. The number of rotatable bonds is 4. The molecule has 4 aliphatic heterocycles. The normalized spacial score (nSPS) is 25.3. The van der Waals surface area contributed by atoms with Crippen molar-refractivity contribution in [3.63, 3.8) is 0 Å². The van der Waals surface area contributed by atoms with Gasteiger partial charge in [-0.3, -0.25) is 31.3 Å². The topological polar surface area (TPSA) is 95.2 Å². The third kappa shape index (κ3) is 11.9. The van der Waals surface area contributed by atoms with E-state index in [-0.39, 0.29) is 22.0 Å². The van der Waals surface area contributed by atoms with E-state index in [4.69, 9.17) is 80.9 Å². The van der Waals surface area contributed by atoms with Gasteiger partial charge in [0.15, 0.2) is 8.64 Å². The van der Waals surface area contributed by atoms with E-state index in [2.05, 4.69) is 46.5 Å². The molecule has 0 radical (unpaired) electrons. The molecule has 4 heterocycles. The molecule has 39 heavy (non-hydrogen) atoms. The first kappa shape index (κ1) is 37.4. The van der Waals surface area contributed by atoms with E-state index in [1.807, 2.05) is 20.0 Å². The van der Waals surface area contributed by atoms with E-state index in [1.54, 1.807) is 47.0 Å². The van der Waals surface area contributed by atoms with Crippen molar-refractivity contribution in [1.82, 2.24) is 41.3 Å². The van der Waals surface area contributed by atoms with Crippen molar-refractivity contribution in [3.05, 3.63) is 0 Å². The third-order valence-corrected chi connectivity index (χ3v) is 10.9. The third-order valence-electron chi connectivity index (χ3n) is 4.91. The summed E-state index contributed by atoms with van der Waals surface area (Å²) in [6.45, 7) is 3.79. The molecule has 0 aromatic heterocycles. The van der Waals surface area contributed by atoms with Crippen molar-refractivity contribution in [1.29, 1.82) is 0 Å². The first-order chi connectivity index (χ1) is 18.6. The van der Waals surface area contributed by atoms with Gasteiger partial charge in [0.05, 0.1) is 0 Å². The Bertz CT molecular complexity index is 753. The fourth-order valence-corrected chi connectivity index (χ4v) is 9.79. The fourth-order valence-electron chi connectivity index (χ4n) is 3.48. The molecule has 4 fully saturated rings. The van der Waals surface area contributed by atoms with Crippen LogP contribution in [-0.4, -0.2) is 108 Å². The van der Waals surface area contributed by atoms with E-state index >= 15 is 0 Å². The Morgan fingerprint density at radius 2 is 0.846 bits per heavy atom. The number of hydrogen-bond acceptors (Lipinski definition) is 16. The standard InChI is InChI=1S/2C8H14N4S6.Mo.2O/c2*13-7(14)11(5-9-1-3-17-5)12(8(15)16)6-10-2-4-18-6;;;/h2*5-6,9-10H,1-4H2,(H,13,14)(H,15,16);;;/q;;+2;;/p-2. The van der Waals surface area contributed by atoms with Gasteiger partial charge in [-0.2, -0.15) is 0 Å². The number of nitrogens with zero attached hydrogens (tertiary/aromatic N) is 4. The van der Waals surface area contributed by atoms with Gasteiger partial charge >= 0.3 is 25.3 Å². The van der Waals surface area contributed by atoms with Gasteiger partial charge < -0.3 is 49.7 Å². The molecule has 4 saturated heterocycles. The van der Waals surface area contributed by atoms with Crippen molar-refractivity contribution in [3.8, 4) is 0 Å². The van der Waals surface area contributed by atoms with Crippen LogP contribution in [0.5, 0.6) is 0 Å². The number of hydrazine groups is 2. The zero-order valence-corrected chi connectivity index (χ0v) is 31.9. The molecule has 220 valence electrons. The maximum atomic E-state index is 8.50. The number of thioether (sulfide) groups is 4. The number of hydrogen-bond donors (Lipinski definition) is 6. The summed E-state index contributed by atoms with van der Waals surface area (Å²) in [5.41, 5.74) is 0.198. The Morgan fingerprint density at radius 1 is 0.615 bits per heavy atom. The molecule has 4 aliphatic rings. The molecule has 4 unspecified atom stereocenters. The zero-order valence-electron chi connectivity index (χ0n) is 20.0. The summed E-state index contributed by atoms with van der Waals surface area (Å²) in [6.07, 6.45) is 0. The van der Waals surface area contributed by atoms with Crippen LogP contribution in [0.3, 0.4) is 0 Å². The Morgan fingerprint density at radius 3 is 1.00 bits per heavy atom. The second kappa shape index (κ2) is 20.3. The summed E-state index contributed by atoms with van der Waals surface area (Å²) in [4.78, 5) is 0. The summed E-state index contributed by atoms with van der Waals surface area (Å²) >= 11 is 45.0. The second-order valence-electron chi connectivity index (χ2n) is 7.25. The summed E-state index contributed by atoms with van der Waals surface area (Å²) in [5.74, 6) is 4.16. The average molecular weight is 843 g/mol. The van der Waals surface area contributed by atoms with Gasteiger partial charge in [-0.1, -0.05) is 24.4 Å². The molecular weight excluding hydrogens is 817 g/mol. The summed E-state index contributed by atoms with van der Waals surface area (Å²) in [6, 6.07) is 0. The molecular formula is C16H26MoN8O2S12. The van der Waals surface area contributed by atoms with Crippen LogP contribution in [-0.2, 0) is 50.5 Å². The van der Waals surface area contributed by atoms with Gasteiger partial charge in [0.25, 0.3) is 0 Å². The molecule has 0 aromatic carbocycles. The van der Waals surface area contributed by atoms with Crippen LogP contribution >= 0.6 is 121 Å². The van der Waals surface area contributed by atoms with Crippen LogP contribution < -0.4 is 21.3 Å². The Hall–Kier alpha value is 2.23. The van der Waals surface area contributed by atoms with Crippen LogP contribution in [0, 0.1) is 0 Å². The fraction of sp³-hybridized carbons (Fsp3) is 0.750. The molecule has 23 heteroatoms. The van der Waals surface area contributed by atoms with Gasteiger partial charge in [0, 0.05) is 49.2 Å². The molecule has 0 spiro atoms. The van der Waals surface area contributed by atoms with Gasteiger partial charge in [-0.25, -0.2) is 10.0 Å². The average Bonchev–Trinajstić information content (AvgIpc) is 3.70. The van der Waals surface area contributed by atoms with Crippen LogP contribution in [0.25, 0.3) is 0 Å². The van der Waals surface area contributed by atoms with Crippen LogP contribution in [0.4, 0.5) is 0 Å². The SMILES string of the molecule is S=C([S-])N(C1NCCS1)N(C(=S)S)C1NCCS1.S=C([S-])N(C1NCCS1)N(C(=S)S)C1NCCS1.[O]=[Mo+2]=[O]. The van der Waals surface area contributed by atoms with E-state index in [0.717, 1.165) is 49.2 Å². The second-order valence-corrected chi connectivity index (χ2v) is 16.6. The number of thiol groups is 2. The molecule has 0 aromatic rings. The quantitative estimate of drug-likeness (QED) is 0.0809. The molecule has 4 N–H and O–H groups in total. The van der Waals surface area contributed by atoms with Crippen molar-refractivity contribution < 1.29 is 25.3 Å². The Labute approximate surface area is 298 Å². The maximum absolute atomic E-state index is 8.50. The molecule has 10 nitrogen and oxygen atoms in total. The Balaban J connectivity index is 0.000000249. The minimum atomic E-state index is -2.03. The van der Waals surface area contributed by atoms with Gasteiger partial charge in [0.1, 0.15) is 22.0 Å². The van der Waals surface area contributed by atoms with Gasteiger partial charge in [-0.15, -0.1) is 72.3 Å². The molecule has 0 amide bonds. The monoisotopic (exact) mass is 844 g/mol. The Kier molecular flexibility index (Phi) is 19.5. The molecule has 4 atom stereocenters. The van der Waals surface area contributed by atoms with Crippen LogP contribution in [0.1, 0.15) is 0 Å². The van der Waals surface area contributed by atoms with Crippen molar-refractivity contribution in [2.24, 2.45) is 0 Å². The molecule has 0 aliphatic carbocycles. The summed E-state index contributed by atoms with van der Waals surface area (Å²) < 4.78 is 18.7. The van der Waals surface area contributed by atoms with Gasteiger partial charge in [-0.05, 0) is 8.64 Å². The van der Waals surface area contributed by atoms with Crippen LogP contribution in [0.2, 0.25) is 0 Å². The van der Waals surface area contributed by atoms with E-state index in [0.29, 0.717) is 17.3 Å². The van der Waals surface area contributed by atoms with E-state index < -0.39 is 18.5 Å². The number of nitrogens with one attached hydrogen (secondary N) is 4. The molecule has 0 saturated carbocycles. The summed E-state index contributed by atoms with van der Waals surface area (Å²) in [7, 11) is 0. The predicted octanol–water partition coefficient (Wildman–Crippen LogP) is 1.34.